The average molecular weight is 476 g/mol. The molecule has 0 saturated carbocycles. The van der Waals surface area contributed by atoms with Crippen LogP contribution in [0.15, 0.2) is 24.3 Å². The molecule has 2 unspecified atom stereocenters. The van der Waals surface area contributed by atoms with Crippen molar-refractivity contribution in [2.24, 2.45) is 11.8 Å². The van der Waals surface area contributed by atoms with Gasteiger partial charge in [0.25, 0.3) is 0 Å². The third-order valence-corrected chi connectivity index (χ3v) is 6.46. The Hall–Kier alpha value is -2.64. The molecule has 2 saturated heterocycles. The van der Waals surface area contributed by atoms with E-state index >= 15 is 0 Å². The van der Waals surface area contributed by atoms with Crippen molar-refractivity contribution in [1.29, 1.82) is 0 Å². The summed E-state index contributed by atoms with van der Waals surface area (Å²) in [4.78, 5) is 43.7. The second kappa shape index (κ2) is 11.2. The van der Waals surface area contributed by atoms with Gasteiger partial charge in [-0.25, -0.2) is 9.18 Å². The van der Waals surface area contributed by atoms with Gasteiger partial charge in [-0.3, -0.25) is 9.59 Å². The van der Waals surface area contributed by atoms with Crippen molar-refractivity contribution in [2.75, 3.05) is 39.8 Å². The summed E-state index contributed by atoms with van der Waals surface area (Å²) in [6.07, 6.45) is 3.30. The zero-order valence-electron chi connectivity index (χ0n) is 20.9. The highest BCUT2D eigenvalue weighted by Gasteiger charge is 2.34. The molecule has 8 heteroatoms. The third-order valence-electron chi connectivity index (χ3n) is 6.46. The minimum atomic E-state index is -0.541. The van der Waals surface area contributed by atoms with E-state index in [-0.39, 0.29) is 42.0 Å². The highest BCUT2D eigenvalue weighted by molar-refractivity contribution is 5.82. The zero-order chi connectivity index (χ0) is 24.9. The van der Waals surface area contributed by atoms with E-state index in [4.69, 9.17) is 4.74 Å². The number of nitrogens with zero attached hydrogens (tertiary/aromatic N) is 3. The van der Waals surface area contributed by atoms with Gasteiger partial charge in [0.05, 0.1) is 12.3 Å². The predicted octanol–water partition coefficient (Wildman–Crippen LogP) is 3.71. The maximum absolute atomic E-state index is 13.3. The van der Waals surface area contributed by atoms with Gasteiger partial charge >= 0.3 is 6.09 Å². The largest absolute Gasteiger partial charge is 0.444 e. The van der Waals surface area contributed by atoms with Crippen LogP contribution in [0, 0.1) is 17.7 Å². The summed E-state index contributed by atoms with van der Waals surface area (Å²) in [6, 6.07) is 5.97. The fourth-order valence-electron chi connectivity index (χ4n) is 4.77. The predicted molar refractivity (Wildman–Crippen MR) is 128 cm³/mol. The molecule has 2 heterocycles. The van der Waals surface area contributed by atoms with Crippen LogP contribution in [0.3, 0.4) is 0 Å². The molecule has 0 aromatic heterocycles. The monoisotopic (exact) mass is 475 g/mol. The molecule has 0 spiro atoms. The van der Waals surface area contributed by atoms with E-state index in [0.29, 0.717) is 32.7 Å². The molecular weight excluding hydrogens is 437 g/mol. The molecule has 2 fully saturated rings. The summed E-state index contributed by atoms with van der Waals surface area (Å²) >= 11 is 0. The number of hydrogen-bond acceptors (Lipinski definition) is 4. The van der Waals surface area contributed by atoms with E-state index in [2.05, 4.69) is 0 Å². The Morgan fingerprint density at radius 2 is 1.68 bits per heavy atom. The van der Waals surface area contributed by atoms with E-state index in [1.54, 1.807) is 29.0 Å². The number of likely N-dealkylation sites (tertiary alicyclic amines) is 2. The fraction of sp³-hybridized carbons (Fsp3) is 0.654. The van der Waals surface area contributed by atoms with Crippen LogP contribution in [-0.2, 0) is 20.7 Å². The number of rotatable bonds is 5. The highest BCUT2D eigenvalue weighted by Crippen LogP contribution is 2.24. The van der Waals surface area contributed by atoms with Crippen molar-refractivity contribution in [3.63, 3.8) is 0 Å². The van der Waals surface area contributed by atoms with E-state index < -0.39 is 5.60 Å². The quantitative estimate of drug-likeness (QED) is 0.651. The first-order valence-corrected chi connectivity index (χ1v) is 12.3. The maximum atomic E-state index is 13.3. The van der Waals surface area contributed by atoms with Gasteiger partial charge in [0.1, 0.15) is 11.4 Å². The van der Waals surface area contributed by atoms with Gasteiger partial charge < -0.3 is 19.4 Å². The van der Waals surface area contributed by atoms with E-state index in [0.717, 1.165) is 31.2 Å². The number of hydrogen-bond donors (Lipinski definition) is 0. The van der Waals surface area contributed by atoms with Gasteiger partial charge in [-0.15, -0.1) is 0 Å². The first-order valence-electron chi connectivity index (χ1n) is 12.3. The van der Waals surface area contributed by atoms with Crippen LogP contribution in [0.2, 0.25) is 0 Å². The van der Waals surface area contributed by atoms with E-state index in [9.17, 15) is 18.8 Å². The van der Waals surface area contributed by atoms with E-state index in [1.807, 2.05) is 25.7 Å². The molecule has 1 aromatic carbocycles. The molecule has 0 bridgehead atoms. The Bertz CT molecular complexity index is 868. The number of halogens is 1. The van der Waals surface area contributed by atoms with Crippen molar-refractivity contribution in [2.45, 2.75) is 58.5 Å². The van der Waals surface area contributed by atoms with Crippen LogP contribution in [0.5, 0.6) is 0 Å². The Balaban J connectivity index is 1.52. The Morgan fingerprint density at radius 1 is 1.03 bits per heavy atom. The first-order chi connectivity index (χ1) is 16.0. The molecule has 188 valence electrons. The fourth-order valence-corrected chi connectivity index (χ4v) is 4.77. The molecule has 0 aliphatic carbocycles. The number of carbonyl (C=O) groups is 3. The average Bonchev–Trinajstić information content (AvgIpc) is 2.79. The highest BCUT2D eigenvalue weighted by atomic mass is 19.1. The molecule has 3 amide bonds. The number of amides is 3. The van der Waals surface area contributed by atoms with Crippen LogP contribution in [0.4, 0.5) is 9.18 Å². The molecule has 2 aliphatic rings. The van der Waals surface area contributed by atoms with Gasteiger partial charge in [0.15, 0.2) is 0 Å². The van der Waals surface area contributed by atoms with Gasteiger partial charge in [0, 0.05) is 39.8 Å². The lowest BCUT2D eigenvalue weighted by Gasteiger charge is -2.39. The summed E-state index contributed by atoms with van der Waals surface area (Å²) < 4.78 is 18.6. The summed E-state index contributed by atoms with van der Waals surface area (Å²) in [5.41, 5.74) is 0.230. The number of piperidine rings is 2. The summed E-state index contributed by atoms with van der Waals surface area (Å²) in [5, 5.41) is 0. The second-order valence-electron chi connectivity index (χ2n) is 10.6. The van der Waals surface area contributed by atoms with Gasteiger partial charge in [-0.1, -0.05) is 12.1 Å². The second-order valence-corrected chi connectivity index (χ2v) is 10.6. The standard InChI is InChI=1S/C26H38FN3O4/c1-26(2,3)34-25(33)28(4)16-20-7-5-14-30(17-20)24(32)21-8-6-13-29(18-21)23(31)15-19-9-11-22(27)12-10-19/h9-12,20-21H,5-8,13-18H2,1-4H3. The minimum absolute atomic E-state index is 0.0281. The number of benzene rings is 1. The summed E-state index contributed by atoms with van der Waals surface area (Å²) in [6.45, 7) is 8.49. The van der Waals surface area contributed by atoms with Crippen molar-refractivity contribution in [3.8, 4) is 0 Å². The minimum Gasteiger partial charge on any atom is -0.444 e. The smallest absolute Gasteiger partial charge is 0.410 e. The van der Waals surface area contributed by atoms with Crippen molar-refractivity contribution in [1.82, 2.24) is 14.7 Å². The van der Waals surface area contributed by atoms with Crippen LogP contribution in [0.1, 0.15) is 52.0 Å². The van der Waals surface area contributed by atoms with Crippen molar-refractivity contribution >= 4 is 17.9 Å². The van der Waals surface area contributed by atoms with Crippen molar-refractivity contribution < 1.29 is 23.5 Å². The third kappa shape index (κ3) is 7.43. The van der Waals surface area contributed by atoms with Crippen molar-refractivity contribution in [3.05, 3.63) is 35.6 Å². The Morgan fingerprint density at radius 3 is 2.35 bits per heavy atom. The Kier molecular flexibility index (Phi) is 8.55. The molecule has 3 rings (SSSR count). The molecule has 0 radical (unpaired) electrons. The van der Waals surface area contributed by atoms with Crippen LogP contribution in [0.25, 0.3) is 0 Å². The zero-order valence-corrected chi connectivity index (χ0v) is 20.9. The summed E-state index contributed by atoms with van der Waals surface area (Å²) in [5.74, 6) is -0.247. The van der Waals surface area contributed by atoms with Gasteiger partial charge in [-0.05, 0) is 70.1 Å². The van der Waals surface area contributed by atoms with E-state index in [1.165, 1.54) is 12.1 Å². The molecule has 34 heavy (non-hydrogen) atoms. The molecule has 2 aliphatic heterocycles. The SMILES string of the molecule is CN(CC1CCCN(C(=O)C2CCCN(C(=O)Cc3ccc(F)cc3)C2)C1)C(=O)OC(C)(C)C. The molecule has 1 aromatic rings. The molecular formula is C26H38FN3O4. The van der Waals surface area contributed by atoms with Crippen LogP contribution in [-0.4, -0.2) is 78.0 Å². The van der Waals surface area contributed by atoms with Crippen LogP contribution < -0.4 is 0 Å². The molecule has 0 N–H and O–H groups in total. The maximum Gasteiger partial charge on any atom is 0.410 e. The lowest BCUT2D eigenvalue weighted by Crippen LogP contribution is -2.50. The normalized spacial score (nSPS) is 21.2. The molecule has 7 nitrogen and oxygen atoms in total. The lowest BCUT2D eigenvalue weighted by atomic mass is 9.92. The number of ether oxygens (including phenoxy) is 1. The Labute approximate surface area is 202 Å². The topological polar surface area (TPSA) is 70.2 Å². The summed E-state index contributed by atoms with van der Waals surface area (Å²) in [7, 11) is 1.74. The van der Waals surface area contributed by atoms with Crippen LogP contribution >= 0.6 is 0 Å². The molecule has 2 atom stereocenters. The van der Waals surface area contributed by atoms with Gasteiger partial charge in [0.2, 0.25) is 11.8 Å². The first kappa shape index (κ1) is 26.0. The lowest BCUT2D eigenvalue weighted by molar-refractivity contribution is -0.142. The number of carbonyl (C=O) groups excluding carboxylic acids is 3. The van der Waals surface area contributed by atoms with Gasteiger partial charge in [-0.2, -0.15) is 0 Å².